The molecule has 0 aromatic heterocycles. The van der Waals surface area contributed by atoms with Crippen LogP contribution in [-0.4, -0.2) is 3.87 Å². The van der Waals surface area contributed by atoms with Gasteiger partial charge in [0.05, 0.1) is 0 Å². The van der Waals surface area contributed by atoms with Crippen LogP contribution in [0.15, 0.2) is 121 Å². The monoisotopic (exact) mass is 559 g/mol. The topological polar surface area (TPSA) is 0 Å². The van der Waals surface area contributed by atoms with Gasteiger partial charge in [0, 0.05) is 0 Å². The molecule has 0 aliphatic rings. The molecule has 4 rings (SSSR count). The van der Waals surface area contributed by atoms with Crippen molar-refractivity contribution in [3.63, 3.8) is 0 Å². The van der Waals surface area contributed by atoms with E-state index in [2.05, 4.69) is 121 Å². The van der Waals surface area contributed by atoms with Gasteiger partial charge in [0.1, 0.15) is 0 Å². The Kier molecular flexibility index (Phi) is 8.15. The molecule has 155 valence electrons. The third kappa shape index (κ3) is 5.24. The van der Waals surface area contributed by atoms with Crippen molar-refractivity contribution in [3.05, 3.63) is 121 Å². The minimum absolute atomic E-state index is 0.193. The molecule has 0 nitrogen and oxygen atoms in total. The Bertz CT molecular complexity index is 870. The summed E-state index contributed by atoms with van der Waals surface area (Å²) in [7, 11) is 12.4. The maximum atomic E-state index is 6.95. The van der Waals surface area contributed by atoms with Crippen molar-refractivity contribution in [2.24, 2.45) is 0 Å². The first-order chi connectivity index (χ1) is 14.8. The predicted molar refractivity (Wildman–Crippen MR) is 134 cm³/mol. The van der Waals surface area contributed by atoms with E-state index in [4.69, 9.17) is 19.1 Å². The summed E-state index contributed by atoms with van der Waals surface area (Å²) in [4.78, 5) is 0. The van der Waals surface area contributed by atoms with E-state index in [0.29, 0.717) is 0 Å². The standard InChI is InChI=1S/C25H21P2.2ClH.Pd/c1-5-13-22(14-6-1)26(23-15-7-2-8-16-23)21-27(24-17-9-3-10-18-24)25-19-11-4-12-20-25;;;/h1-21H;2*1H;/q;;;+2/p-2. The van der Waals surface area contributed by atoms with Crippen LogP contribution in [0.1, 0.15) is 0 Å². The van der Waals surface area contributed by atoms with E-state index in [1.807, 2.05) is 0 Å². The molecule has 0 saturated carbocycles. The molecule has 4 aromatic carbocycles. The molecule has 0 bridgehead atoms. The average molecular weight is 561 g/mol. The zero-order valence-electron chi connectivity index (χ0n) is 16.1. The van der Waals surface area contributed by atoms with Gasteiger partial charge in [0.2, 0.25) is 0 Å². The van der Waals surface area contributed by atoms with E-state index in [1.54, 1.807) is 0 Å². The summed E-state index contributed by atoms with van der Waals surface area (Å²) in [5, 5.41) is 5.32. The first kappa shape index (κ1) is 22.2. The molecule has 0 atom stereocenters. The summed E-state index contributed by atoms with van der Waals surface area (Å²) in [6.45, 7) is 0. The minimum atomic E-state index is -1.83. The Morgan fingerprint density at radius 3 is 0.867 bits per heavy atom. The molecular formula is C25H21Cl2P2Pd. The number of benzene rings is 4. The van der Waals surface area contributed by atoms with Gasteiger partial charge >= 0.3 is 196 Å². The van der Waals surface area contributed by atoms with Crippen LogP contribution >= 0.6 is 34.9 Å². The third-order valence-electron chi connectivity index (χ3n) is 4.66. The van der Waals surface area contributed by atoms with Crippen molar-refractivity contribution in [2.75, 3.05) is 0 Å². The van der Waals surface area contributed by atoms with E-state index < -0.39 is 30.6 Å². The van der Waals surface area contributed by atoms with E-state index in [9.17, 15) is 0 Å². The zero-order chi connectivity index (χ0) is 20.8. The summed E-state index contributed by atoms with van der Waals surface area (Å²) < 4.78 is 0.193. The zero-order valence-corrected chi connectivity index (χ0v) is 20.9. The van der Waals surface area contributed by atoms with E-state index in [1.165, 1.54) is 21.2 Å². The quantitative estimate of drug-likeness (QED) is 0.180. The Morgan fingerprint density at radius 1 is 0.433 bits per heavy atom. The molecule has 0 spiro atoms. The molecule has 0 saturated heterocycles. The Hall–Kier alpha value is -1.02. The molecule has 0 N–H and O–H groups in total. The van der Waals surface area contributed by atoms with Crippen molar-refractivity contribution in [3.8, 4) is 0 Å². The second-order valence-electron chi connectivity index (χ2n) is 6.54. The van der Waals surface area contributed by atoms with E-state index in [-0.39, 0.29) is 3.87 Å². The molecule has 0 heterocycles. The second-order valence-corrected chi connectivity index (χ2v) is 18.4. The van der Waals surface area contributed by atoms with Crippen molar-refractivity contribution >= 4 is 56.1 Å². The van der Waals surface area contributed by atoms with Crippen LogP contribution in [-0.2, 0) is 14.7 Å². The average Bonchev–Trinajstić information content (AvgIpc) is 2.81. The van der Waals surface area contributed by atoms with Gasteiger partial charge in [-0.25, -0.2) is 0 Å². The molecule has 0 radical (unpaired) electrons. The SMILES string of the molecule is [Cl][Pd]([Cl])[CH](P(c1ccccc1)c1ccccc1)P(c1ccccc1)c1ccccc1. The van der Waals surface area contributed by atoms with Crippen LogP contribution in [0, 0.1) is 0 Å². The summed E-state index contributed by atoms with van der Waals surface area (Å²) in [6, 6.07) is 43.1. The summed E-state index contributed by atoms with van der Waals surface area (Å²) in [5.74, 6) is 0. The fraction of sp³-hybridized carbons (Fsp3) is 0.0400. The molecule has 30 heavy (non-hydrogen) atoms. The molecule has 0 amide bonds. The summed E-state index contributed by atoms with van der Waals surface area (Å²) in [6.07, 6.45) is 0. The van der Waals surface area contributed by atoms with Crippen molar-refractivity contribution in [1.82, 2.24) is 0 Å². The Labute approximate surface area is 195 Å². The molecule has 0 unspecified atom stereocenters. The fourth-order valence-electron chi connectivity index (χ4n) is 3.35. The number of rotatable bonds is 7. The Morgan fingerprint density at radius 2 is 0.667 bits per heavy atom. The van der Waals surface area contributed by atoms with E-state index in [0.717, 1.165) is 0 Å². The van der Waals surface area contributed by atoms with Gasteiger partial charge < -0.3 is 0 Å². The molecule has 0 fully saturated rings. The molecule has 5 heteroatoms. The van der Waals surface area contributed by atoms with Gasteiger partial charge in [0.15, 0.2) is 0 Å². The first-order valence-corrected chi connectivity index (χ1v) is 17.2. The van der Waals surface area contributed by atoms with E-state index >= 15 is 0 Å². The molecule has 0 aliphatic carbocycles. The fourth-order valence-corrected chi connectivity index (χ4v) is 18.6. The van der Waals surface area contributed by atoms with Crippen LogP contribution in [0.4, 0.5) is 0 Å². The summed E-state index contributed by atoms with van der Waals surface area (Å²) >= 11 is -1.83. The summed E-state index contributed by atoms with van der Waals surface area (Å²) in [5.41, 5.74) is 0. The first-order valence-electron chi connectivity index (χ1n) is 9.48. The van der Waals surface area contributed by atoms with Gasteiger partial charge in [-0.1, -0.05) is 0 Å². The molecular weight excluding hydrogens is 540 g/mol. The number of hydrogen-bond donors (Lipinski definition) is 0. The van der Waals surface area contributed by atoms with Crippen LogP contribution in [0.5, 0.6) is 0 Å². The van der Waals surface area contributed by atoms with Gasteiger partial charge in [-0.2, -0.15) is 0 Å². The van der Waals surface area contributed by atoms with Crippen LogP contribution in [0.2, 0.25) is 0 Å². The van der Waals surface area contributed by atoms with Gasteiger partial charge in [0.25, 0.3) is 0 Å². The van der Waals surface area contributed by atoms with Crippen LogP contribution in [0.25, 0.3) is 0 Å². The van der Waals surface area contributed by atoms with Crippen molar-refractivity contribution in [1.29, 1.82) is 0 Å². The van der Waals surface area contributed by atoms with Crippen molar-refractivity contribution in [2.45, 2.75) is 3.87 Å². The predicted octanol–water partition coefficient (Wildman–Crippen LogP) is 6.46. The Balaban J connectivity index is 1.92. The molecule has 0 aliphatic heterocycles. The third-order valence-corrected chi connectivity index (χ3v) is 19.1. The van der Waals surface area contributed by atoms with Crippen molar-refractivity contribution < 1.29 is 14.7 Å². The maximum absolute atomic E-state index is 6.95. The van der Waals surface area contributed by atoms with Gasteiger partial charge in [-0.15, -0.1) is 0 Å². The van der Waals surface area contributed by atoms with Gasteiger partial charge in [-0.3, -0.25) is 0 Å². The van der Waals surface area contributed by atoms with Gasteiger partial charge in [-0.05, 0) is 0 Å². The number of hydrogen-bond acceptors (Lipinski definition) is 0. The molecule has 4 aromatic rings. The number of halogens is 2. The van der Waals surface area contributed by atoms with Crippen LogP contribution in [0.3, 0.4) is 0 Å². The second kappa shape index (κ2) is 11.0. The normalized spacial score (nSPS) is 11.8. The van der Waals surface area contributed by atoms with Crippen LogP contribution < -0.4 is 21.2 Å².